The van der Waals surface area contributed by atoms with Crippen molar-refractivity contribution in [1.29, 1.82) is 0 Å². The van der Waals surface area contributed by atoms with E-state index in [1.165, 1.54) is 12.1 Å². The van der Waals surface area contributed by atoms with Crippen molar-refractivity contribution in [3.8, 4) is 5.75 Å². The first kappa shape index (κ1) is 15.5. The van der Waals surface area contributed by atoms with Crippen LogP contribution in [0.1, 0.15) is 20.7 Å². The fourth-order valence-corrected chi connectivity index (χ4v) is 2.66. The van der Waals surface area contributed by atoms with Crippen molar-refractivity contribution in [2.45, 2.75) is 0 Å². The molecule has 5 heteroatoms. The van der Waals surface area contributed by atoms with Gasteiger partial charge in [0.1, 0.15) is 5.75 Å². The molecule has 114 valence electrons. The summed E-state index contributed by atoms with van der Waals surface area (Å²) >= 11 is 11.9. The Hall–Kier alpha value is -2.36. The van der Waals surface area contributed by atoms with Gasteiger partial charge in [0.2, 0.25) is 0 Å². The van der Waals surface area contributed by atoms with Gasteiger partial charge in [0.05, 0.1) is 16.1 Å². The van der Waals surface area contributed by atoms with Gasteiger partial charge >= 0.3 is 5.97 Å². The molecule has 3 aromatic carbocycles. The molecule has 0 amide bonds. The summed E-state index contributed by atoms with van der Waals surface area (Å²) in [7, 11) is 0. The van der Waals surface area contributed by atoms with Crippen LogP contribution in [0.2, 0.25) is 10.0 Å². The molecule has 0 fully saturated rings. The average molecular weight is 345 g/mol. The number of hydrogen-bond acceptors (Lipinski definition) is 3. The van der Waals surface area contributed by atoms with Crippen molar-refractivity contribution in [1.82, 2.24) is 0 Å². The maximum absolute atomic E-state index is 12.3. The molecule has 3 nitrogen and oxygen atoms in total. The molecule has 0 atom stereocenters. The first-order valence-corrected chi connectivity index (χ1v) is 7.50. The molecule has 3 rings (SSSR count). The highest BCUT2D eigenvalue weighted by Crippen LogP contribution is 2.28. The van der Waals surface area contributed by atoms with Crippen molar-refractivity contribution >= 4 is 46.2 Å². The second kappa shape index (κ2) is 6.41. The maximum Gasteiger partial charge on any atom is 0.345 e. The number of rotatable bonds is 3. The zero-order valence-electron chi connectivity index (χ0n) is 11.8. The van der Waals surface area contributed by atoms with Crippen molar-refractivity contribution in [3.63, 3.8) is 0 Å². The van der Waals surface area contributed by atoms with Crippen LogP contribution in [-0.2, 0) is 0 Å². The lowest BCUT2D eigenvalue weighted by Gasteiger charge is -2.10. The number of benzene rings is 3. The second-order valence-corrected chi connectivity index (χ2v) is 5.67. The molecule has 0 aliphatic carbocycles. The minimum atomic E-state index is -0.670. The van der Waals surface area contributed by atoms with E-state index in [9.17, 15) is 9.59 Å². The lowest BCUT2D eigenvalue weighted by molar-refractivity contribution is 0.0734. The number of carbonyl (C=O) groups excluding carboxylic acids is 2. The molecule has 3 aromatic rings. The zero-order chi connectivity index (χ0) is 16.4. The summed E-state index contributed by atoms with van der Waals surface area (Å²) in [5, 5.41) is 2.20. The van der Waals surface area contributed by atoms with Crippen molar-refractivity contribution < 1.29 is 14.3 Å². The second-order valence-electron chi connectivity index (χ2n) is 4.83. The standard InChI is InChI=1S/C18H10Cl2O3/c19-12-6-7-16(20)14(9-12)18(22)23-17-8-5-11-3-1-2-4-13(11)15(17)10-21/h1-10H. The molecule has 0 saturated heterocycles. The predicted octanol–water partition coefficient (Wildman–Crippen LogP) is 5.18. The van der Waals surface area contributed by atoms with Crippen LogP contribution in [0, 0.1) is 0 Å². The third-order valence-corrected chi connectivity index (χ3v) is 3.96. The fourth-order valence-electron chi connectivity index (χ4n) is 2.29. The average Bonchev–Trinajstić information content (AvgIpc) is 2.56. The highest BCUT2D eigenvalue weighted by molar-refractivity contribution is 6.35. The first-order chi connectivity index (χ1) is 11.1. The third-order valence-electron chi connectivity index (χ3n) is 3.40. The molecule has 0 saturated carbocycles. The molecular formula is C18H10Cl2O3. The number of aldehydes is 1. The SMILES string of the molecule is O=Cc1c(OC(=O)c2cc(Cl)ccc2Cl)ccc2ccccc12. The van der Waals surface area contributed by atoms with Gasteiger partial charge in [-0.25, -0.2) is 4.79 Å². The summed E-state index contributed by atoms with van der Waals surface area (Å²) in [6, 6.07) is 15.2. The van der Waals surface area contributed by atoms with Crippen LogP contribution in [0.15, 0.2) is 54.6 Å². The molecule has 0 aromatic heterocycles. The summed E-state index contributed by atoms with van der Waals surface area (Å²) in [5.74, 6) is -0.490. The molecule has 0 aliphatic rings. The molecule has 0 radical (unpaired) electrons. The third kappa shape index (κ3) is 3.07. The molecule has 0 N–H and O–H groups in total. The lowest BCUT2D eigenvalue weighted by atomic mass is 10.0. The highest BCUT2D eigenvalue weighted by atomic mass is 35.5. The number of hydrogen-bond donors (Lipinski definition) is 0. The molecule has 23 heavy (non-hydrogen) atoms. The van der Waals surface area contributed by atoms with E-state index in [0.29, 0.717) is 22.3 Å². The molecule has 0 aliphatic heterocycles. The van der Waals surface area contributed by atoms with Gasteiger partial charge in [-0.05, 0) is 35.0 Å². The van der Waals surface area contributed by atoms with Gasteiger partial charge in [0.15, 0.2) is 6.29 Å². The van der Waals surface area contributed by atoms with Crippen LogP contribution < -0.4 is 4.74 Å². The number of halogens is 2. The number of esters is 1. The quantitative estimate of drug-likeness (QED) is 0.373. The summed E-state index contributed by atoms with van der Waals surface area (Å²) in [4.78, 5) is 23.8. The maximum atomic E-state index is 12.3. The van der Waals surface area contributed by atoms with Gasteiger partial charge in [-0.15, -0.1) is 0 Å². The molecular weight excluding hydrogens is 335 g/mol. The summed E-state index contributed by atoms with van der Waals surface area (Å²) in [6.45, 7) is 0. The van der Waals surface area contributed by atoms with Gasteiger partial charge in [0, 0.05) is 5.02 Å². The number of ether oxygens (including phenoxy) is 1. The van der Waals surface area contributed by atoms with E-state index in [1.54, 1.807) is 24.3 Å². The Morgan fingerprint density at radius 2 is 1.78 bits per heavy atom. The van der Waals surface area contributed by atoms with E-state index in [2.05, 4.69) is 0 Å². The van der Waals surface area contributed by atoms with Crippen LogP contribution in [0.4, 0.5) is 0 Å². The largest absolute Gasteiger partial charge is 0.422 e. The smallest absolute Gasteiger partial charge is 0.345 e. The fraction of sp³-hybridized carbons (Fsp3) is 0. The van der Waals surface area contributed by atoms with Crippen LogP contribution in [-0.4, -0.2) is 12.3 Å². The zero-order valence-corrected chi connectivity index (χ0v) is 13.3. The topological polar surface area (TPSA) is 43.4 Å². The summed E-state index contributed by atoms with van der Waals surface area (Å²) in [5.41, 5.74) is 0.457. The molecule has 0 unspecified atom stereocenters. The minimum absolute atomic E-state index is 0.143. The Kier molecular flexibility index (Phi) is 4.33. The normalized spacial score (nSPS) is 10.5. The van der Waals surface area contributed by atoms with E-state index in [0.717, 1.165) is 5.39 Å². The Balaban J connectivity index is 2.03. The van der Waals surface area contributed by atoms with E-state index < -0.39 is 5.97 Å². The van der Waals surface area contributed by atoms with E-state index in [-0.39, 0.29) is 16.3 Å². The summed E-state index contributed by atoms with van der Waals surface area (Å²) in [6.07, 6.45) is 0.671. The Morgan fingerprint density at radius 3 is 2.57 bits per heavy atom. The van der Waals surface area contributed by atoms with Gasteiger partial charge in [-0.3, -0.25) is 4.79 Å². The van der Waals surface area contributed by atoms with Gasteiger partial charge in [-0.1, -0.05) is 53.5 Å². The van der Waals surface area contributed by atoms with Gasteiger partial charge < -0.3 is 4.74 Å². The molecule has 0 spiro atoms. The van der Waals surface area contributed by atoms with E-state index in [1.807, 2.05) is 18.2 Å². The first-order valence-electron chi connectivity index (χ1n) is 6.74. The van der Waals surface area contributed by atoms with Crippen LogP contribution in [0.3, 0.4) is 0 Å². The van der Waals surface area contributed by atoms with Crippen molar-refractivity contribution in [2.75, 3.05) is 0 Å². The van der Waals surface area contributed by atoms with Crippen LogP contribution in [0.25, 0.3) is 10.8 Å². The van der Waals surface area contributed by atoms with Crippen LogP contribution >= 0.6 is 23.2 Å². The van der Waals surface area contributed by atoms with Gasteiger partial charge in [0.25, 0.3) is 0 Å². The Morgan fingerprint density at radius 1 is 1.00 bits per heavy atom. The van der Waals surface area contributed by atoms with Crippen molar-refractivity contribution in [2.24, 2.45) is 0 Å². The van der Waals surface area contributed by atoms with Crippen molar-refractivity contribution in [3.05, 3.63) is 75.8 Å². The molecule has 0 heterocycles. The molecule has 0 bridgehead atoms. The monoisotopic (exact) mass is 344 g/mol. The Bertz CT molecular complexity index is 919. The van der Waals surface area contributed by atoms with Gasteiger partial charge in [-0.2, -0.15) is 0 Å². The van der Waals surface area contributed by atoms with Crippen LogP contribution in [0.5, 0.6) is 5.75 Å². The van der Waals surface area contributed by atoms with E-state index >= 15 is 0 Å². The van der Waals surface area contributed by atoms with E-state index in [4.69, 9.17) is 27.9 Å². The Labute approximate surface area is 142 Å². The predicted molar refractivity (Wildman–Crippen MR) is 90.8 cm³/mol. The summed E-state index contributed by atoms with van der Waals surface area (Å²) < 4.78 is 5.35. The number of fused-ring (bicyclic) bond motifs is 1. The highest BCUT2D eigenvalue weighted by Gasteiger charge is 2.16. The lowest BCUT2D eigenvalue weighted by Crippen LogP contribution is -2.10. The number of carbonyl (C=O) groups is 2. The minimum Gasteiger partial charge on any atom is -0.422 e.